The third-order valence-electron chi connectivity index (χ3n) is 1.85. The number of nitrogens with one attached hydrogen (secondary N) is 2. The van der Waals surface area contributed by atoms with Crippen LogP contribution < -0.4 is 10.0 Å². The van der Waals surface area contributed by atoms with Crippen LogP contribution in [0.2, 0.25) is 0 Å². The van der Waals surface area contributed by atoms with Gasteiger partial charge in [-0.25, -0.2) is 13.1 Å². The molecule has 1 rings (SSSR count). The van der Waals surface area contributed by atoms with Crippen molar-refractivity contribution in [1.29, 1.82) is 0 Å². The summed E-state index contributed by atoms with van der Waals surface area (Å²) >= 11 is 1.37. The molecule has 0 fully saturated rings. The summed E-state index contributed by atoms with van der Waals surface area (Å²) in [5, 5.41) is 2.53. The molecule has 1 aromatic rings. The van der Waals surface area contributed by atoms with Crippen molar-refractivity contribution >= 4 is 27.3 Å². The molecule has 7 heteroatoms. The summed E-state index contributed by atoms with van der Waals surface area (Å²) in [6.45, 7) is 0.354. The van der Waals surface area contributed by atoms with Gasteiger partial charge in [-0.3, -0.25) is 4.79 Å². The van der Waals surface area contributed by atoms with Crippen LogP contribution in [0.25, 0.3) is 0 Å². The zero-order valence-electron chi connectivity index (χ0n) is 9.11. The van der Waals surface area contributed by atoms with Gasteiger partial charge in [0.25, 0.3) is 5.91 Å². The molecule has 0 aliphatic heterocycles. The Balaban J connectivity index is 2.50. The van der Waals surface area contributed by atoms with Crippen molar-refractivity contribution < 1.29 is 13.2 Å². The lowest BCUT2D eigenvalue weighted by molar-refractivity contribution is 0.0967. The van der Waals surface area contributed by atoms with Crippen molar-refractivity contribution in [3.63, 3.8) is 0 Å². The van der Waals surface area contributed by atoms with Crippen LogP contribution in [-0.2, 0) is 16.4 Å². The normalized spacial score (nSPS) is 11.4. The number of hydrogen-bond acceptors (Lipinski definition) is 4. The second-order valence-corrected chi connectivity index (χ2v) is 6.26. The number of sulfonamides is 1. The van der Waals surface area contributed by atoms with E-state index in [1.807, 2.05) is 6.07 Å². The van der Waals surface area contributed by atoms with Crippen LogP contribution in [0, 0.1) is 0 Å². The minimum atomic E-state index is -3.13. The van der Waals surface area contributed by atoms with Gasteiger partial charge in [-0.05, 0) is 18.6 Å². The van der Waals surface area contributed by atoms with E-state index in [4.69, 9.17) is 0 Å². The van der Waals surface area contributed by atoms with Crippen LogP contribution >= 0.6 is 11.3 Å². The average molecular weight is 262 g/mol. The molecule has 1 heterocycles. The van der Waals surface area contributed by atoms with E-state index in [0.717, 1.165) is 11.1 Å². The molecule has 2 N–H and O–H groups in total. The van der Waals surface area contributed by atoms with E-state index < -0.39 is 10.0 Å². The standard InChI is InChI=1S/C9H14N2O3S2/c1-10-9(12)8-4-3-7(15-8)5-6-11-16(2,13)14/h3-4,11H,5-6H2,1-2H3,(H,10,12). The number of hydrogen-bond donors (Lipinski definition) is 2. The Morgan fingerprint density at radius 2 is 2.12 bits per heavy atom. The lowest BCUT2D eigenvalue weighted by atomic mass is 10.3. The van der Waals surface area contributed by atoms with Gasteiger partial charge in [0.1, 0.15) is 0 Å². The van der Waals surface area contributed by atoms with Crippen LogP contribution in [0.5, 0.6) is 0 Å². The first-order valence-corrected chi connectivity index (χ1v) is 7.38. The first-order valence-electron chi connectivity index (χ1n) is 4.68. The SMILES string of the molecule is CNC(=O)c1ccc(CCNS(C)(=O)=O)s1. The van der Waals surface area contributed by atoms with Gasteiger partial charge in [0.2, 0.25) is 10.0 Å². The summed E-state index contributed by atoms with van der Waals surface area (Å²) in [4.78, 5) is 12.9. The number of rotatable bonds is 5. The van der Waals surface area contributed by atoms with Crippen LogP contribution in [-0.4, -0.2) is 34.2 Å². The Bertz CT molecular complexity index is 465. The van der Waals surface area contributed by atoms with E-state index in [1.165, 1.54) is 11.3 Å². The van der Waals surface area contributed by atoms with Gasteiger partial charge in [-0.2, -0.15) is 0 Å². The molecule has 16 heavy (non-hydrogen) atoms. The molecule has 5 nitrogen and oxygen atoms in total. The fourth-order valence-electron chi connectivity index (χ4n) is 1.12. The molecule has 0 radical (unpaired) electrons. The van der Waals surface area contributed by atoms with Crippen molar-refractivity contribution in [3.8, 4) is 0 Å². The van der Waals surface area contributed by atoms with Crippen molar-refractivity contribution in [2.75, 3.05) is 19.8 Å². The zero-order valence-corrected chi connectivity index (χ0v) is 10.7. The smallest absolute Gasteiger partial charge is 0.261 e. The van der Waals surface area contributed by atoms with Gasteiger partial charge in [-0.1, -0.05) is 0 Å². The highest BCUT2D eigenvalue weighted by Gasteiger charge is 2.07. The molecule has 0 spiro atoms. The van der Waals surface area contributed by atoms with Crippen LogP contribution in [0.4, 0.5) is 0 Å². The molecule has 1 amide bonds. The third kappa shape index (κ3) is 4.30. The number of carbonyl (C=O) groups excluding carboxylic acids is 1. The Morgan fingerprint density at radius 3 is 2.69 bits per heavy atom. The molecule has 0 bridgehead atoms. The minimum Gasteiger partial charge on any atom is -0.354 e. The molecule has 0 saturated carbocycles. The van der Waals surface area contributed by atoms with Crippen LogP contribution in [0.15, 0.2) is 12.1 Å². The highest BCUT2D eigenvalue weighted by molar-refractivity contribution is 7.88. The predicted molar refractivity (Wildman–Crippen MR) is 64.3 cm³/mol. The molecule has 0 saturated heterocycles. The highest BCUT2D eigenvalue weighted by atomic mass is 32.2. The van der Waals surface area contributed by atoms with Gasteiger partial charge in [0.15, 0.2) is 0 Å². The molecule has 0 atom stereocenters. The van der Waals surface area contributed by atoms with E-state index >= 15 is 0 Å². The third-order valence-corrected chi connectivity index (χ3v) is 3.72. The van der Waals surface area contributed by atoms with E-state index in [0.29, 0.717) is 17.8 Å². The minimum absolute atomic E-state index is 0.118. The summed E-state index contributed by atoms with van der Waals surface area (Å²) in [6, 6.07) is 3.57. The van der Waals surface area contributed by atoms with Crippen molar-refractivity contribution in [1.82, 2.24) is 10.0 Å². The van der Waals surface area contributed by atoms with Gasteiger partial charge in [-0.15, -0.1) is 11.3 Å². The van der Waals surface area contributed by atoms with E-state index in [9.17, 15) is 13.2 Å². The monoisotopic (exact) mass is 262 g/mol. The number of thiophene rings is 1. The van der Waals surface area contributed by atoms with Crippen molar-refractivity contribution in [2.45, 2.75) is 6.42 Å². The lowest BCUT2D eigenvalue weighted by Gasteiger charge is -1.99. The maximum absolute atomic E-state index is 11.2. The Kier molecular flexibility index (Phi) is 4.45. The Hall–Kier alpha value is -0.920. The lowest BCUT2D eigenvalue weighted by Crippen LogP contribution is -2.24. The number of carbonyl (C=O) groups is 1. The summed E-state index contributed by atoms with van der Waals surface area (Å²) in [5.74, 6) is -0.118. The van der Waals surface area contributed by atoms with Gasteiger partial charge in [0, 0.05) is 18.5 Å². The topological polar surface area (TPSA) is 75.3 Å². The van der Waals surface area contributed by atoms with Gasteiger partial charge in [0.05, 0.1) is 11.1 Å². The second-order valence-electron chi connectivity index (χ2n) is 3.26. The molecule has 0 unspecified atom stereocenters. The highest BCUT2D eigenvalue weighted by Crippen LogP contribution is 2.16. The molecular formula is C9H14N2O3S2. The van der Waals surface area contributed by atoms with E-state index in [1.54, 1.807) is 13.1 Å². The molecule has 1 aromatic heterocycles. The van der Waals surface area contributed by atoms with Gasteiger partial charge >= 0.3 is 0 Å². The summed E-state index contributed by atoms with van der Waals surface area (Å²) in [7, 11) is -1.56. The van der Waals surface area contributed by atoms with Crippen LogP contribution in [0.3, 0.4) is 0 Å². The van der Waals surface area contributed by atoms with E-state index in [2.05, 4.69) is 10.0 Å². The zero-order chi connectivity index (χ0) is 12.2. The maximum Gasteiger partial charge on any atom is 0.261 e. The molecule has 0 aliphatic rings. The Morgan fingerprint density at radius 1 is 1.44 bits per heavy atom. The first-order chi connectivity index (χ1) is 7.42. The van der Waals surface area contributed by atoms with Gasteiger partial charge < -0.3 is 5.32 Å². The second kappa shape index (κ2) is 5.42. The molecule has 0 aromatic carbocycles. The quantitative estimate of drug-likeness (QED) is 0.796. The fourth-order valence-corrected chi connectivity index (χ4v) is 2.54. The summed E-state index contributed by atoms with van der Waals surface area (Å²) < 4.78 is 24.0. The largest absolute Gasteiger partial charge is 0.354 e. The molecule has 90 valence electrons. The van der Waals surface area contributed by atoms with Crippen LogP contribution in [0.1, 0.15) is 14.5 Å². The van der Waals surface area contributed by atoms with Crippen molar-refractivity contribution in [3.05, 3.63) is 21.9 Å². The Labute approximate surface area is 98.9 Å². The molecular weight excluding hydrogens is 248 g/mol. The fraction of sp³-hybridized carbons (Fsp3) is 0.444. The molecule has 0 aliphatic carbocycles. The predicted octanol–water partition coefficient (Wildman–Crippen LogP) is 0.199. The summed E-state index contributed by atoms with van der Waals surface area (Å²) in [5.41, 5.74) is 0. The summed E-state index contributed by atoms with van der Waals surface area (Å²) in [6.07, 6.45) is 1.71. The number of amides is 1. The van der Waals surface area contributed by atoms with E-state index in [-0.39, 0.29) is 5.91 Å². The first kappa shape index (κ1) is 13.1. The van der Waals surface area contributed by atoms with Crippen molar-refractivity contribution in [2.24, 2.45) is 0 Å². The average Bonchev–Trinajstić information content (AvgIpc) is 2.63. The maximum atomic E-state index is 11.2.